The molecule has 0 radical (unpaired) electrons. The lowest BCUT2D eigenvalue weighted by Gasteiger charge is -2.19. The van der Waals surface area contributed by atoms with Gasteiger partial charge in [-0.05, 0) is 94.1 Å². The third-order valence-corrected chi connectivity index (χ3v) is 7.84. The number of carbonyl (C=O) groups excluding carboxylic acids is 2. The highest BCUT2D eigenvalue weighted by Gasteiger charge is 2.24. The molecule has 0 aliphatic heterocycles. The lowest BCUT2D eigenvalue weighted by molar-refractivity contribution is -0.140. The standard InChI is InChI=1S/C33H55N5O8/c1-22(2)19-24-9-11-26(12-10-24)23(3)29(39)21-36-16-5-4-7-25(20-34)8-6-17-35-18-15-28(32(44)45)38-33(46)37-27(31(42)43)13-14-30(40)41/h9-12,22-23,25,27-28,35-36H,4-8,13-21,34H2,1-3H3,(H,40,41)(H,42,43)(H,44,45)(H2,37,38,46)/i/hD. The van der Waals surface area contributed by atoms with Crippen molar-refractivity contribution in [3.63, 3.8) is 0 Å². The first-order chi connectivity index (χ1) is 22.3. The summed E-state index contributed by atoms with van der Waals surface area (Å²) in [6, 6.07) is 4.61. The van der Waals surface area contributed by atoms with Crippen LogP contribution in [0.3, 0.4) is 0 Å². The smallest absolute Gasteiger partial charge is 0.326 e. The second-order valence-electron chi connectivity index (χ2n) is 12.3. The molecule has 0 aliphatic rings. The lowest BCUT2D eigenvalue weighted by Crippen LogP contribution is -2.51. The van der Waals surface area contributed by atoms with Crippen molar-refractivity contribution in [1.82, 2.24) is 21.3 Å². The number of amides is 2. The van der Waals surface area contributed by atoms with Gasteiger partial charge in [-0.3, -0.25) is 9.59 Å². The van der Waals surface area contributed by atoms with Gasteiger partial charge in [0.25, 0.3) is 0 Å². The van der Waals surface area contributed by atoms with Crippen LogP contribution < -0.4 is 27.0 Å². The van der Waals surface area contributed by atoms with Gasteiger partial charge in [-0.15, -0.1) is 0 Å². The Morgan fingerprint density at radius 1 is 0.783 bits per heavy atom. The monoisotopic (exact) mass is 650 g/mol. The second kappa shape index (κ2) is 22.9. The Balaban J connectivity index is 2.28. The zero-order chi connectivity index (χ0) is 35.2. The summed E-state index contributed by atoms with van der Waals surface area (Å²) in [5.74, 6) is -3.00. The molecular weight excluding hydrogens is 594 g/mol. The van der Waals surface area contributed by atoms with Crippen LogP contribution in [0.1, 0.15) is 89.2 Å². The number of aliphatic carboxylic acids is 3. The highest BCUT2D eigenvalue weighted by atomic mass is 16.4. The fourth-order valence-corrected chi connectivity index (χ4v) is 5.02. The SMILES string of the molecule is [2H]NCC(CCCCNCC(=O)C(C)c1ccc(CC(C)C)cc1)CCCNCCC(NC(=O)NC(CCC(=O)O)C(=O)O)C(=O)O. The summed E-state index contributed by atoms with van der Waals surface area (Å²) in [5, 5.41) is 38.1. The van der Waals surface area contributed by atoms with Gasteiger partial charge in [0.1, 0.15) is 13.5 Å². The van der Waals surface area contributed by atoms with Crippen LogP contribution in [0.5, 0.6) is 0 Å². The second-order valence-corrected chi connectivity index (χ2v) is 12.3. The third-order valence-electron chi connectivity index (χ3n) is 7.84. The number of nitrogens with one attached hydrogen (secondary N) is 4. The van der Waals surface area contributed by atoms with Crippen LogP contribution in [0, 0.1) is 11.8 Å². The van der Waals surface area contributed by atoms with E-state index in [1.54, 1.807) is 0 Å². The Morgan fingerprint density at radius 3 is 1.98 bits per heavy atom. The number of urea groups is 1. The van der Waals surface area contributed by atoms with E-state index in [9.17, 15) is 29.1 Å². The summed E-state index contributed by atoms with van der Waals surface area (Å²) in [6.07, 6.45) is 4.78. The number of ketones is 1. The van der Waals surface area contributed by atoms with Crippen LogP contribution in [0.15, 0.2) is 24.3 Å². The molecule has 9 N–H and O–H groups in total. The summed E-state index contributed by atoms with van der Waals surface area (Å²) in [6.45, 7) is 8.87. The minimum Gasteiger partial charge on any atom is -0.481 e. The Kier molecular flexibility index (Phi) is 19.2. The number of carboxylic acid groups (broad SMARTS) is 3. The first-order valence-corrected chi connectivity index (χ1v) is 16.3. The molecular formula is C33H55N5O8. The van der Waals surface area contributed by atoms with E-state index in [4.69, 9.17) is 11.6 Å². The van der Waals surface area contributed by atoms with Crippen LogP contribution >= 0.6 is 0 Å². The molecule has 0 heterocycles. The minimum absolute atomic E-state index is 0.0617. The number of benzene rings is 1. The molecule has 0 aromatic heterocycles. The molecule has 2 amide bonds. The van der Waals surface area contributed by atoms with Gasteiger partial charge in [-0.1, -0.05) is 51.5 Å². The zero-order valence-electron chi connectivity index (χ0n) is 28.5. The van der Waals surface area contributed by atoms with Crippen LogP contribution in [-0.4, -0.2) is 89.8 Å². The van der Waals surface area contributed by atoms with Crippen LogP contribution in [0.4, 0.5) is 4.79 Å². The number of unbranched alkanes of at least 4 members (excludes halogenated alkanes) is 1. The van der Waals surface area contributed by atoms with Crippen molar-refractivity contribution in [3.8, 4) is 0 Å². The molecule has 4 atom stereocenters. The molecule has 0 spiro atoms. The number of nitrogens with two attached hydrogens (primary N) is 1. The van der Waals surface area contributed by atoms with Crippen molar-refractivity contribution in [3.05, 3.63) is 35.4 Å². The van der Waals surface area contributed by atoms with E-state index >= 15 is 0 Å². The molecule has 13 nitrogen and oxygen atoms in total. The van der Waals surface area contributed by atoms with Crippen molar-refractivity contribution in [1.29, 1.82) is 0 Å². The quantitative estimate of drug-likeness (QED) is 0.0647. The molecule has 0 saturated carbocycles. The summed E-state index contributed by atoms with van der Waals surface area (Å²) in [4.78, 5) is 58.3. The number of rotatable bonds is 27. The number of Topliss-reactive ketones (excluding diaryl/α,β-unsaturated/α-hetero) is 1. The summed E-state index contributed by atoms with van der Waals surface area (Å²) < 4.78 is 7.41. The maximum atomic E-state index is 12.7. The van der Waals surface area contributed by atoms with Gasteiger partial charge in [-0.2, -0.15) is 0 Å². The van der Waals surface area contributed by atoms with Crippen LogP contribution in [0.2, 0.25) is 1.41 Å². The van der Waals surface area contributed by atoms with Gasteiger partial charge in [0, 0.05) is 12.3 Å². The maximum Gasteiger partial charge on any atom is 0.326 e. The zero-order valence-corrected chi connectivity index (χ0v) is 27.5. The maximum absolute atomic E-state index is 12.7. The van der Waals surface area contributed by atoms with Gasteiger partial charge < -0.3 is 42.3 Å². The fourth-order valence-electron chi connectivity index (χ4n) is 5.02. The summed E-state index contributed by atoms with van der Waals surface area (Å²) >= 11 is 0. The number of carboxylic acids is 3. The van der Waals surface area contributed by atoms with Gasteiger partial charge in [-0.25, -0.2) is 14.4 Å². The number of hydrogen-bond donors (Lipinski definition) is 8. The van der Waals surface area contributed by atoms with Gasteiger partial charge in [0.15, 0.2) is 5.78 Å². The highest BCUT2D eigenvalue weighted by Crippen LogP contribution is 2.18. The third kappa shape index (κ3) is 17.8. The van der Waals surface area contributed by atoms with Gasteiger partial charge in [0.05, 0.1) is 6.54 Å². The van der Waals surface area contributed by atoms with E-state index in [2.05, 4.69) is 65.1 Å². The Labute approximate surface area is 273 Å². The van der Waals surface area contributed by atoms with E-state index < -0.39 is 42.4 Å². The summed E-state index contributed by atoms with van der Waals surface area (Å²) in [7, 11) is 0. The predicted molar refractivity (Wildman–Crippen MR) is 176 cm³/mol. The van der Waals surface area contributed by atoms with Crippen molar-refractivity contribution in [2.24, 2.45) is 17.6 Å². The van der Waals surface area contributed by atoms with Crippen LogP contribution in [-0.2, 0) is 25.6 Å². The van der Waals surface area contributed by atoms with E-state index in [-0.39, 0.29) is 24.5 Å². The molecule has 0 fully saturated rings. The normalized spacial score (nSPS) is 14.1. The Morgan fingerprint density at radius 2 is 1.39 bits per heavy atom. The minimum atomic E-state index is -1.46. The van der Waals surface area contributed by atoms with Crippen molar-refractivity contribution < 1.29 is 40.7 Å². The molecule has 0 saturated heterocycles. The molecule has 260 valence electrons. The molecule has 1 rings (SSSR count). The van der Waals surface area contributed by atoms with E-state index in [1.807, 2.05) is 6.92 Å². The average Bonchev–Trinajstić information content (AvgIpc) is 3.01. The lowest BCUT2D eigenvalue weighted by atomic mass is 9.94. The number of carbonyl (C=O) groups is 5. The molecule has 1 aromatic carbocycles. The van der Waals surface area contributed by atoms with Crippen molar-refractivity contribution in [2.75, 3.05) is 32.7 Å². The Bertz CT molecular complexity index is 1110. The van der Waals surface area contributed by atoms with Gasteiger partial charge in [0.2, 0.25) is 0 Å². The van der Waals surface area contributed by atoms with E-state index in [1.165, 1.54) is 5.56 Å². The Hall–Kier alpha value is -3.55. The molecule has 0 bridgehead atoms. The largest absolute Gasteiger partial charge is 0.481 e. The number of hydrogen-bond acceptors (Lipinski definition) is 8. The molecule has 13 heteroatoms. The van der Waals surface area contributed by atoms with Crippen molar-refractivity contribution in [2.45, 2.75) is 96.6 Å². The predicted octanol–water partition coefficient (Wildman–Crippen LogP) is 2.72. The van der Waals surface area contributed by atoms with E-state index in [0.717, 1.165) is 50.6 Å². The van der Waals surface area contributed by atoms with Gasteiger partial charge >= 0.3 is 23.9 Å². The average molecular weight is 651 g/mol. The highest BCUT2D eigenvalue weighted by molar-refractivity contribution is 5.87. The molecule has 46 heavy (non-hydrogen) atoms. The first kappa shape index (κ1) is 38.6. The summed E-state index contributed by atoms with van der Waals surface area (Å²) in [5.41, 5.74) is 4.82. The molecule has 1 aromatic rings. The first-order valence-electron chi connectivity index (χ1n) is 16.8. The molecule has 0 aliphatic carbocycles. The van der Waals surface area contributed by atoms with E-state index in [0.29, 0.717) is 38.0 Å². The fraction of sp³-hybridized carbons (Fsp3) is 0.667. The van der Waals surface area contributed by atoms with Crippen LogP contribution in [0.25, 0.3) is 0 Å². The molecule has 4 unspecified atom stereocenters. The topological polar surface area (TPSA) is 220 Å². The van der Waals surface area contributed by atoms with Crippen molar-refractivity contribution >= 4 is 29.7 Å².